The summed E-state index contributed by atoms with van der Waals surface area (Å²) in [5.41, 5.74) is 2.63. The largest absolute Gasteiger partial charge is 0.489 e. The Bertz CT molecular complexity index is 960. The van der Waals surface area contributed by atoms with Gasteiger partial charge in [-0.2, -0.15) is 0 Å². The van der Waals surface area contributed by atoms with E-state index >= 15 is 0 Å². The van der Waals surface area contributed by atoms with Crippen LogP contribution in [0.2, 0.25) is 10.0 Å². The molecule has 0 unspecified atom stereocenters. The second kappa shape index (κ2) is 8.80. The number of ether oxygens (including phenoxy) is 1. The first-order valence-electron chi connectivity index (χ1n) is 8.25. The zero-order valence-electron chi connectivity index (χ0n) is 14.3. The minimum atomic E-state index is -1.00. The molecule has 0 aliphatic rings. The van der Waals surface area contributed by atoms with Gasteiger partial charge in [-0.3, -0.25) is 0 Å². The molecule has 0 radical (unpaired) electrons. The van der Waals surface area contributed by atoms with E-state index in [9.17, 15) is 4.79 Å². The van der Waals surface area contributed by atoms with E-state index in [1.807, 2.05) is 48.5 Å². The number of para-hydroxylation sites is 1. The molecule has 6 heteroatoms. The fourth-order valence-electron chi connectivity index (χ4n) is 2.56. The molecule has 0 fully saturated rings. The molecule has 0 bridgehead atoms. The first-order valence-corrected chi connectivity index (χ1v) is 9.00. The highest BCUT2D eigenvalue weighted by Crippen LogP contribution is 2.26. The fraction of sp³-hybridized carbons (Fsp3) is 0.0952. The number of hydrogen-bond acceptors (Lipinski definition) is 3. The summed E-state index contributed by atoms with van der Waals surface area (Å²) in [6, 6.07) is 19.7. The molecule has 0 aromatic heterocycles. The molecule has 0 aliphatic heterocycles. The van der Waals surface area contributed by atoms with Crippen molar-refractivity contribution in [2.24, 2.45) is 0 Å². The Morgan fingerprint density at radius 2 is 1.81 bits per heavy atom. The average Bonchev–Trinajstić information content (AvgIpc) is 2.66. The van der Waals surface area contributed by atoms with Crippen molar-refractivity contribution in [2.45, 2.75) is 13.2 Å². The van der Waals surface area contributed by atoms with Gasteiger partial charge in [0.1, 0.15) is 12.4 Å². The van der Waals surface area contributed by atoms with Gasteiger partial charge in [0.25, 0.3) is 0 Å². The maximum Gasteiger partial charge on any atom is 0.335 e. The summed E-state index contributed by atoms with van der Waals surface area (Å²) in [5, 5.41) is 13.4. The second-order valence-electron chi connectivity index (χ2n) is 5.88. The van der Waals surface area contributed by atoms with Gasteiger partial charge in [-0.1, -0.05) is 53.5 Å². The molecule has 0 saturated carbocycles. The second-order valence-corrected chi connectivity index (χ2v) is 6.72. The topological polar surface area (TPSA) is 58.6 Å². The Hall–Kier alpha value is -2.69. The number of carboxylic acid groups (broad SMARTS) is 1. The monoisotopic (exact) mass is 401 g/mol. The molecule has 138 valence electrons. The van der Waals surface area contributed by atoms with Crippen LogP contribution in [-0.4, -0.2) is 11.1 Å². The third-order valence-corrected chi connectivity index (χ3v) is 4.50. The van der Waals surface area contributed by atoms with Crippen LogP contribution in [0.1, 0.15) is 21.5 Å². The van der Waals surface area contributed by atoms with Gasteiger partial charge in [-0.05, 0) is 42.0 Å². The Balaban J connectivity index is 1.71. The van der Waals surface area contributed by atoms with E-state index in [1.165, 1.54) is 12.1 Å². The smallest absolute Gasteiger partial charge is 0.335 e. The zero-order chi connectivity index (χ0) is 19.2. The van der Waals surface area contributed by atoms with Crippen molar-refractivity contribution < 1.29 is 14.6 Å². The number of benzene rings is 3. The van der Waals surface area contributed by atoms with Gasteiger partial charge in [0.15, 0.2) is 0 Å². The summed E-state index contributed by atoms with van der Waals surface area (Å²) in [6.07, 6.45) is 0. The lowest BCUT2D eigenvalue weighted by molar-refractivity contribution is 0.0697. The van der Waals surface area contributed by atoms with Crippen LogP contribution in [0.5, 0.6) is 5.75 Å². The highest BCUT2D eigenvalue weighted by Gasteiger charge is 2.09. The van der Waals surface area contributed by atoms with Crippen molar-refractivity contribution in [3.8, 4) is 5.75 Å². The van der Waals surface area contributed by atoms with E-state index in [-0.39, 0.29) is 5.56 Å². The predicted octanol–water partition coefficient (Wildman–Crippen LogP) is 5.88. The number of hydrogen-bond donors (Lipinski definition) is 2. The van der Waals surface area contributed by atoms with Gasteiger partial charge in [0.2, 0.25) is 0 Å². The van der Waals surface area contributed by atoms with Gasteiger partial charge >= 0.3 is 5.97 Å². The van der Waals surface area contributed by atoms with Crippen LogP contribution in [0, 0.1) is 0 Å². The van der Waals surface area contributed by atoms with E-state index in [1.54, 1.807) is 6.07 Å². The summed E-state index contributed by atoms with van der Waals surface area (Å²) in [5.74, 6) is -0.268. The summed E-state index contributed by atoms with van der Waals surface area (Å²) < 4.78 is 5.93. The predicted molar refractivity (Wildman–Crippen MR) is 108 cm³/mol. The molecular formula is C21H17Cl2NO3. The zero-order valence-corrected chi connectivity index (χ0v) is 15.8. The van der Waals surface area contributed by atoms with Crippen LogP contribution < -0.4 is 10.1 Å². The van der Waals surface area contributed by atoms with E-state index in [2.05, 4.69) is 5.32 Å². The highest BCUT2D eigenvalue weighted by molar-refractivity contribution is 6.33. The third-order valence-electron chi connectivity index (χ3n) is 3.94. The molecule has 0 spiro atoms. The molecule has 0 heterocycles. The van der Waals surface area contributed by atoms with Crippen molar-refractivity contribution in [1.29, 1.82) is 0 Å². The van der Waals surface area contributed by atoms with Crippen molar-refractivity contribution in [3.05, 3.63) is 93.5 Å². The van der Waals surface area contributed by atoms with E-state index in [4.69, 9.17) is 33.0 Å². The van der Waals surface area contributed by atoms with E-state index < -0.39 is 5.97 Å². The van der Waals surface area contributed by atoms with Crippen molar-refractivity contribution in [3.63, 3.8) is 0 Å². The van der Waals surface area contributed by atoms with Gasteiger partial charge in [0, 0.05) is 17.1 Å². The molecule has 0 aliphatic carbocycles. The number of anilines is 1. The number of halogens is 2. The number of aromatic carboxylic acids is 1. The molecule has 4 nitrogen and oxygen atoms in total. The lowest BCUT2D eigenvalue weighted by Crippen LogP contribution is -2.05. The van der Waals surface area contributed by atoms with Crippen LogP contribution in [0.25, 0.3) is 0 Å². The molecule has 0 saturated heterocycles. The fourth-order valence-corrected chi connectivity index (χ4v) is 2.96. The van der Waals surface area contributed by atoms with Crippen molar-refractivity contribution >= 4 is 34.9 Å². The molecule has 3 aromatic carbocycles. The van der Waals surface area contributed by atoms with Crippen molar-refractivity contribution in [2.75, 3.05) is 5.32 Å². The van der Waals surface area contributed by atoms with E-state index in [0.717, 1.165) is 16.9 Å². The van der Waals surface area contributed by atoms with Crippen molar-refractivity contribution in [1.82, 2.24) is 0 Å². The summed E-state index contributed by atoms with van der Waals surface area (Å²) in [7, 11) is 0. The van der Waals surface area contributed by atoms with E-state index in [0.29, 0.717) is 28.9 Å². The molecule has 3 aromatic rings. The van der Waals surface area contributed by atoms with Crippen LogP contribution in [-0.2, 0) is 13.2 Å². The Labute approximate surface area is 167 Å². The van der Waals surface area contributed by atoms with Gasteiger partial charge < -0.3 is 15.2 Å². The summed E-state index contributed by atoms with van der Waals surface area (Å²) in [6.45, 7) is 0.835. The van der Waals surface area contributed by atoms with Crippen LogP contribution >= 0.6 is 23.2 Å². The molecule has 27 heavy (non-hydrogen) atoms. The number of rotatable bonds is 7. The maximum atomic E-state index is 11.1. The molecule has 0 amide bonds. The number of carbonyl (C=O) groups is 1. The molecule has 3 rings (SSSR count). The normalized spacial score (nSPS) is 10.4. The highest BCUT2D eigenvalue weighted by atomic mass is 35.5. The SMILES string of the molecule is O=C(O)c1ccc(Cl)c(NCc2ccccc2OCc2cccc(Cl)c2)c1. The van der Waals surface area contributed by atoms with Crippen LogP contribution in [0.3, 0.4) is 0 Å². The van der Waals surface area contributed by atoms with Crippen LogP contribution in [0.4, 0.5) is 5.69 Å². The lowest BCUT2D eigenvalue weighted by Gasteiger charge is -2.14. The lowest BCUT2D eigenvalue weighted by atomic mass is 10.1. The Kier molecular flexibility index (Phi) is 6.22. The summed E-state index contributed by atoms with van der Waals surface area (Å²) in [4.78, 5) is 11.1. The van der Waals surface area contributed by atoms with Gasteiger partial charge in [0.05, 0.1) is 16.3 Å². The minimum Gasteiger partial charge on any atom is -0.489 e. The number of nitrogens with one attached hydrogen (secondary N) is 1. The quantitative estimate of drug-likeness (QED) is 0.518. The Morgan fingerprint density at radius 3 is 2.59 bits per heavy atom. The maximum absolute atomic E-state index is 11.1. The standard InChI is InChI=1S/C21H17Cl2NO3/c22-17-6-3-4-14(10-17)13-27-20-7-2-1-5-16(20)12-24-19-11-15(21(25)26)8-9-18(19)23/h1-11,24H,12-13H2,(H,25,26). The minimum absolute atomic E-state index is 0.174. The van der Waals surface area contributed by atoms with Crippen LogP contribution in [0.15, 0.2) is 66.7 Å². The molecule has 0 atom stereocenters. The molecule has 2 N–H and O–H groups in total. The number of carboxylic acids is 1. The summed E-state index contributed by atoms with van der Waals surface area (Å²) >= 11 is 12.2. The van der Waals surface area contributed by atoms with Gasteiger partial charge in [-0.15, -0.1) is 0 Å². The third kappa shape index (κ3) is 5.16. The Morgan fingerprint density at radius 1 is 1.00 bits per heavy atom. The first-order chi connectivity index (χ1) is 13.0. The van der Waals surface area contributed by atoms with Gasteiger partial charge in [-0.25, -0.2) is 4.79 Å². The average molecular weight is 402 g/mol. The molecular weight excluding hydrogens is 385 g/mol. The first kappa shape index (κ1) is 19.1.